The Bertz CT molecular complexity index is 536. The van der Waals surface area contributed by atoms with E-state index < -0.39 is 0 Å². The molecule has 0 radical (unpaired) electrons. The van der Waals surface area contributed by atoms with Crippen LogP contribution in [0.2, 0.25) is 0 Å². The van der Waals surface area contributed by atoms with Gasteiger partial charge in [-0.1, -0.05) is 6.07 Å². The lowest BCUT2D eigenvalue weighted by atomic mass is 9.99. The molecule has 0 saturated carbocycles. The van der Waals surface area contributed by atoms with Crippen LogP contribution < -0.4 is 10.1 Å². The van der Waals surface area contributed by atoms with Gasteiger partial charge < -0.3 is 14.5 Å². The van der Waals surface area contributed by atoms with Crippen molar-refractivity contribution in [2.75, 3.05) is 14.2 Å². The van der Waals surface area contributed by atoms with E-state index in [9.17, 15) is 4.39 Å². The van der Waals surface area contributed by atoms with Gasteiger partial charge in [-0.05, 0) is 37.7 Å². The Labute approximate surface area is 106 Å². The zero-order chi connectivity index (χ0) is 13.1. The molecule has 1 atom stereocenters. The van der Waals surface area contributed by atoms with Crippen LogP contribution in [0.15, 0.2) is 34.9 Å². The van der Waals surface area contributed by atoms with E-state index in [1.54, 1.807) is 12.3 Å². The summed E-state index contributed by atoms with van der Waals surface area (Å²) in [6, 6.07) is 6.74. The average Bonchev–Trinajstić information content (AvgIpc) is 2.77. The van der Waals surface area contributed by atoms with Crippen LogP contribution in [0, 0.1) is 12.7 Å². The third-order valence-corrected chi connectivity index (χ3v) is 3.01. The number of nitrogens with one attached hydrogen (secondary N) is 1. The third-order valence-electron chi connectivity index (χ3n) is 3.01. The molecular weight excluding hydrogens is 233 g/mol. The molecule has 0 aliphatic rings. The first-order chi connectivity index (χ1) is 8.67. The first-order valence-corrected chi connectivity index (χ1v) is 5.72. The molecule has 2 rings (SSSR count). The molecule has 1 aromatic heterocycles. The molecule has 0 aliphatic heterocycles. The molecule has 0 amide bonds. The van der Waals surface area contributed by atoms with Crippen molar-refractivity contribution in [3.8, 4) is 5.75 Å². The fourth-order valence-electron chi connectivity index (χ4n) is 2.06. The number of methoxy groups -OCH3 is 1. The number of furan rings is 1. The largest absolute Gasteiger partial charge is 0.494 e. The number of ether oxygens (including phenoxy) is 1. The predicted octanol–water partition coefficient (Wildman–Crippen LogP) is 3.04. The van der Waals surface area contributed by atoms with Gasteiger partial charge >= 0.3 is 0 Å². The molecule has 1 N–H and O–H groups in total. The summed E-state index contributed by atoms with van der Waals surface area (Å²) >= 11 is 0. The van der Waals surface area contributed by atoms with Gasteiger partial charge in [0, 0.05) is 5.56 Å². The summed E-state index contributed by atoms with van der Waals surface area (Å²) in [5, 5.41) is 3.16. The van der Waals surface area contributed by atoms with Gasteiger partial charge in [-0.2, -0.15) is 0 Å². The molecule has 96 valence electrons. The second-order valence-electron chi connectivity index (χ2n) is 4.05. The molecule has 0 bridgehead atoms. The summed E-state index contributed by atoms with van der Waals surface area (Å²) in [6.07, 6.45) is 1.63. The SMILES string of the molecule is CNC(c1ccc(OC)c(F)c1)c1ccoc1C. The highest BCUT2D eigenvalue weighted by atomic mass is 19.1. The Kier molecular flexibility index (Phi) is 3.67. The van der Waals surface area contributed by atoms with Crippen LogP contribution in [0.3, 0.4) is 0 Å². The summed E-state index contributed by atoms with van der Waals surface area (Å²) < 4.78 is 23.9. The maximum Gasteiger partial charge on any atom is 0.165 e. The Morgan fingerprint density at radius 3 is 2.61 bits per heavy atom. The van der Waals surface area contributed by atoms with Crippen molar-refractivity contribution in [2.24, 2.45) is 0 Å². The predicted molar refractivity (Wildman–Crippen MR) is 67.3 cm³/mol. The van der Waals surface area contributed by atoms with Crippen LogP contribution in [-0.4, -0.2) is 14.2 Å². The molecule has 0 saturated heterocycles. The highest BCUT2D eigenvalue weighted by Gasteiger charge is 2.17. The minimum absolute atomic E-state index is 0.0934. The molecule has 18 heavy (non-hydrogen) atoms. The van der Waals surface area contributed by atoms with Crippen LogP contribution in [0.25, 0.3) is 0 Å². The van der Waals surface area contributed by atoms with Gasteiger partial charge in [0.1, 0.15) is 5.76 Å². The molecule has 0 aliphatic carbocycles. The number of hydrogen-bond acceptors (Lipinski definition) is 3. The Morgan fingerprint density at radius 2 is 2.11 bits per heavy atom. The topological polar surface area (TPSA) is 34.4 Å². The van der Waals surface area contributed by atoms with Gasteiger partial charge in [-0.3, -0.25) is 0 Å². The van der Waals surface area contributed by atoms with E-state index in [2.05, 4.69) is 5.32 Å². The molecule has 2 aromatic rings. The second kappa shape index (κ2) is 5.23. The lowest BCUT2D eigenvalue weighted by Gasteiger charge is -2.16. The molecule has 1 aromatic carbocycles. The lowest BCUT2D eigenvalue weighted by molar-refractivity contribution is 0.386. The Hall–Kier alpha value is -1.81. The van der Waals surface area contributed by atoms with Crippen molar-refractivity contribution in [3.63, 3.8) is 0 Å². The van der Waals surface area contributed by atoms with Crippen LogP contribution in [-0.2, 0) is 0 Å². The van der Waals surface area contributed by atoms with E-state index >= 15 is 0 Å². The zero-order valence-electron chi connectivity index (χ0n) is 10.7. The van der Waals surface area contributed by atoms with E-state index in [4.69, 9.17) is 9.15 Å². The quantitative estimate of drug-likeness (QED) is 0.904. The van der Waals surface area contributed by atoms with Crippen molar-refractivity contribution in [3.05, 3.63) is 53.2 Å². The minimum Gasteiger partial charge on any atom is -0.494 e. The standard InChI is InChI=1S/C14H16FNO2/c1-9-11(6-7-18-9)14(16-2)10-4-5-13(17-3)12(15)8-10/h4-8,14,16H,1-3H3. The van der Waals surface area contributed by atoms with Crippen molar-refractivity contribution in [1.29, 1.82) is 0 Å². The maximum absolute atomic E-state index is 13.7. The van der Waals surface area contributed by atoms with Gasteiger partial charge in [-0.25, -0.2) is 4.39 Å². The van der Waals surface area contributed by atoms with Crippen molar-refractivity contribution < 1.29 is 13.5 Å². The first-order valence-electron chi connectivity index (χ1n) is 5.72. The highest BCUT2D eigenvalue weighted by molar-refractivity contribution is 5.37. The van der Waals surface area contributed by atoms with E-state index in [1.165, 1.54) is 13.2 Å². The van der Waals surface area contributed by atoms with Crippen LogP contribution in [0.1, 0.15) is 22.9 Å². The molecule has 3 nitrogen and oxygen atoms in total. The Morgan fingerprint density at radius 1 is 1.33 bits per heavy atom. The molecule has 1 unspecified atom stereocenters. The number of halogens is 1. The van der Waals surface area contributed by atoms with Gasteiger partial charge in [0.15, 0.2) is 11.6 Å². The third kappa shape index (κ3) is 2.24. The molecule has 0 fully saturated rings. The summed E-state index contributed by atoms with van der Waals surface area (Å²) in [4.78, 5) is 0. The van der Waals surface area contributed by atoms with Gasteiger partial charge in [-0.15, -0.1) is 0 Å². The highest BCUT2D eigenvalue weighted by Crippen LogP contribution is 2.28. The lowest BCUT2D eigenvalue weighted by Crippen LogP contribution is -2.18. The van der Waals surface area contributed by atoms with Gasteiger partial charge in [0.25, 0.3) is 0 Å². The Balaban J connectivity index is 2.40. The summed E-state index contributed by atoms with van der Waals surface area (Å²) in [5.74, 6) is 0.708. The molecule has 0 spiro atoms. The zero-order valence-corrected chi connectivity index (χ0v) is 10.7. The average molecular weight is 249 g/mol. The van der Waals surface area contributed by atoms with E-state index in [1.807, 2.05) is 26.1 Å². The summed E-state index contributed by atoms with van der Waals surface area (Å²) in [6.45, 7) is 1.89. The van der Waals surface area contributed by atoms with Crippen molar-refractivity contribution in [2.45, 2.75) is 13.0 Å². The number of rotatable bonds is 4. The van der Waals surface area contributed by atoms with Crippen LogP contribution in [0.5, 0.6) is 5.75 Å². The second-order valence-corrected chi connectivity index (χ2v) is 4.05. The fraction of sp³-hybridized carbons (Fsp3) is 0.286. The monoisotopic (exact) mass is 249 g/mol. The molecule has 4 heteroatoms. The normalized spacial score (nSPS) is 12.4. The minimum atomic E-state index is -0.364. The number of benzene rings is 1. The molecule has 1 heterocycles. The van der Waals surface area contributed by atoms with Crippen LogP contribution >= 0.6 is 0 Å². The fourth-order valence-corrected chi connectivity index (χ4v) is 2.06. The van der Waals surface area contributed by atoms with Crippen LogP contribution in [0.4, 0.5) is 4.39 Å². The van der Waals surface area contributed by atoms with E-state index in [0.717, 1.165) is 16.9 Å². The first kappa shape index (κ1) is 12.6. The smallest absolute Gasteiger partial charge is 0.165 e. The summed E-state index contributed by atoms with van der Waals surface area (Å²) in [5.41, 5.74) is 1.84. The number of aryl methyl sites for hydroxylation is 1. The maximum atomic E-state index is 13.7. The number of hydrogen-bond donors (Lipinski definition) is 1. The van der Waals surface area contributed by atoms with Gasteiger partial charge in [0.05, 0.1) is 19.4 Å². The summed E-state index contributed by atoms with van der Waals surface area (Å²) in [7, 11) is 3.28. The van der Waals surface area contributed by atoms with Crippen molar-refractivity contribution in [1.82, 2.24) is 5.32 Å². The van der Waals surface area contributed by atoms with E-state index in [-0.39, 0.29) is 17.6 Å². The van der Waals surface area contributed by atoms with Gasteiger partial charge in [0.2, 0.25) is 0 Å². The molecular formula is C14H16FNO2. The van der Waals surface area contributed by atoms with Crippen molar-refractivity contribution >= 4 is 0 Å². The van der Waals surface area contributed by atoms with E-state index in [0.29, 0.717) is 0 Å².